The van der Waals surface area contributed by atoms with Crippen molar-refractivity contribution >= 4 is 5.69 Å². The predicted molar refractivity (Wildman–Crippen MR) is 66.7 cm³/mol. The second-order valence-electron chi connectivity index (χ2n) is 4.69. The lowest BCUT2D eigenvalue weighted by molar-refractivity contribution is 0.177. The Balaban J connectivity index is 1.78. The van der Waals surface area contributed by atoms with Crippen molar-refractivity contribution in [1.82, 2.24) is 5.32 Å². The molecule has 1 atom stereocenters. The van der Waals surface area contributed by atoms with E-state index in [0.717, 1.165) is 5.69 Å². The summed E-state index contributed by atoms with van der Waals surface area (Å²) >= 11 is 0. The lowest BCUT2D eigenvalue weighted by atomic mass is 10.2. The smallest absolute Gasteiger partial charge is 0.123 e. The Hall–Kier alpha value is -1.13. The molecule has 17 heavy (non-hydrogen) atoms. The van der Waals surface area contributed by atoms with Crippen LogP contribution < -0.4 is 10.2 Å². The van der Waals surface area contributed by atoms with Crippen LogP contribution in [0, 0.1) is 5.82 Å². The summed E-state index contributed by atoms with van der Waals surface area (Å²) in [5.74, 6) is -0.238. The van der Waals surface area contributed by atoms with Crippen molar-refractivity contribution in [2.24, 2.45) is 0 Å². The maximum atomic E-state index is 12.8. The van der Waals surface area contributed by atoms with Gasteiger partial charge in [-0.25, -0.2) is 4.39 Å². The van der Waals surface area contributed by atoms with E-state index >= 15 is 0 Å². The molecule has 1 saturated carbocycles. The third-order valence-electron chi connectivity index (χ3n) is 2.97. The van der Waals surface area contributed by atoms with Crippen molar-refractivity contribution in [3.8, 4) is 0 Å². The van der Waals surface area contributed by atoms with Gasteiger partial charge < -0.3 is 15.3 Å². The molecule has 0 spiro atoms. The third-order valence-corrected chi connectivity index (χ3v) is 2.97. The number of halogens is 1. The fraction of sp³-hybridized carbons (Fsp3) is 0.538. The number of aliphatic hydroxyl groups is 1. The van der Waals surface area contributed by atoms with E-state index in [1.54, 1.807) is 12.1 Å². The van der Waals surface area contributed by atoms with E-state index in [0.29, 0.717) is 19.1 Å². The van der Waals surface area contributed by atoms with Crippen molar-refractivity contribution in [2.45, 2.75) is 25.0 Å². The molecule has 2 N–H and O–H groups in total. The lowest BCUT2D eigenvalue weighted by Gasteiger charge is -2.23. The molecule has 1 fully saturated rings. The highest BCUT2D eigenvalue weighted by molar-refractivity contribution is 5.45. The summed E-state index contributed by atoms with van der Waals surface area (Å²) in [6.45, 7) is 1.17. The van der Waals surface area contributed by atoms with Crippen molar-refractivity contribution in [2.75, 3.05) is 25.0 Å². The lowest BCUT2D eigenvalue weighted by Crippen LogP contribution is -2.37. The minimum Gasteiger partial charge on any atom is -0.390 e. The normalized spacial score (nSPS) is 16.9. The van der Waals surface area contributed by atoms with Crippen LogP contribution in [0.1, 0.15) is 12.8 Å². The molecule has 1 unspecified atom stereocenters. The highest BCUT2D eigenvalue weighted by atomic mass is 19.1. The molecular formula is C13H19FN2O. The molecule has 94 valence electrons. The van der Waals surface area contributed by atoms with E-state index < -0.39 is 6.10 Å². The number of likely N-dealkylation sites (N-methyl/N-ethyl adjacent to an activating group) is 1. The second-order valence-corrected chi connectivity index (χ2v) is 4.69. The van der Waals surface area contributed by atoms with Crippen LogP contribution in [0.5, 0.6) is 0 Å². The van der Waals surface area contributed by atoms with Crippen molar-refractivity contribution in [3.05, 3.63) is 30.1 Å². The SMILES string of the molecule is CN(CC(O)CNC1CC1)c1ccc(F)cc1. The zero-order chi connectivity index (χ0) is 12.3. The van der Waals surface area contributed by atoms with Gasteiger partial charge in [-0.1, -0.05) is 0 Å². The highest BCUT2D eigenvalue weighted by Crippen LogP contribution is 2.18. The topological polar surface area (TPSA) is 35.5 Å². The molecule has 2 rings (SSSR count). The Kier molecular flexibility index (Phi) is 3.97. The van der Waals surface area contributed by atoms with Crippen LogP contribution in [0.2, 0.25) is 0 Å². The molecular weight excluding hydrogens is 219 g/mol. The highest BCUT2D eigenvalue weighted by Gasteiger charge is 2.21. The zero-order valence-electron chi connectivity index (χ0n) is 10.1. The molecule has 1 aliphatic rings. The number of hydrogen-bond donors (Lipinski definition) is 2. The van der Waals surface area contributed by atoms with Gasteiger partial charge in [-0.2, -0.15) is 0 Å². The van der Waals surface area contributed by atoms with Gasteiger partial charge in [-0.15, -0.1) is 0 Å². The minimum atomic E-state index is -0.398. The summed E-state index contributed by atoms with van der Waals surface area (Å²) in [5, 5.41) is 13.1. The molecule has 1 aliphatic carbocycles. The Bertz CT molecular complexity index is 351. The van der Waals surface area contributed by atoms with Gasteiger partial charge in [0.15, 0.2) is 0 Å². The number of nitrogens with one attached hydrogen (secondary N) is 1. The van der Waals surface area contributed by atoms with Crippen LogP contribution in [0.3, 0.4) is 0 Å². The molecule has 0 heterocycles. The number of anilines is 1. The van der Waals surface area contributed by atoms with Gasteiger partial charge in [0.2, 0.25) is 0 Å². The standard InChI is InChI=1S/C13H19FN2O/c1-16(12-6-2-10(14)3-7-12)9-13(17)8-15-11-4-5-11/h2-3,6-7,11,13,15,17H,4-5,8-9H2,1H3. The summed E-state index contributed by atoms with van der Waals surface area (Å²) in [6, 6.07) is 6.91. The second kappa shape index (κ2) is 5.47. The van der Waals surface area contributed by atoms with Crippen LogP contribution in [-0.2, 0) is 0 Å². The molecule has 0 radical (unpaired) electrons. The number of aliphatic hydroxyl groups excluding tert-OH is 1. The average Bonchev–Trinajstić information content (AvgIpc) is 3.11. The fourth-order valence-electron chi connectivity index (χ4n) is 1.77. The van der Waals surface area contributed by atoms with Crippen molar-refractivity contribution in [3.63, 3.8) is 0 Å². The average molecular weight is 238 g/mol. The molecule has 0 amide bonds. The zero-order valence-corrected chi connectivity index (χ0v) is 10.1. The van der Waals surface area contributed by atoms with Gasteiger partial charge in [0.25, 0.3) is 0 Å². The van der Waals surface area contributed by atoms with E-state index in [1.807, 2.05) is 11.9 Å². The summed E-state index contributed by atoms with van der Waals surface area (Å²) < 4.78 is 12.8. The van der Waals surface area contributed by atoms with E-state index in [-0.39, 0.29) is 5.82 Å². The summed E-state index contributed by atoms with van der Waals surface area (Å²) in [5.41, 5.74) is 0.914. The van der Waals surface area contributed by atoms with E-state index in [2.05, 4.69) is 5.32 Å². The summed E-state index contributed by atoms with van der Waals surface area (Å²) in [7, 11) is 1.90. The summed E-state index contributed by atoms with van der Waals surface area (Å²) in [6.07, 6.45) is 2.05. The van der Waals surface area contributed by atoms with Crippen LogP contribution in [0.4, 0.5) is 10.1 Å². The Morgan fingerprint density at radius 1 is 1.41 bits per heavy atom. The van der Waals surface area contributed by atoms with Crippen LogP contribution >= 0.6 is 0 Å². The Morgan fingerprint density at radius 3 is 2.65 bits per heavy atom. The molecule has 1 aromatic carbocycles. The molecule has 0 aromatic heterocycles. The van der Waals surface area contributed by atoms with Gasteiger partial charge in [0.1, 0.15) is 5.82 Å². The van der Waals surface area contributed by atoms with Crippen LogP contribution in [0.15, 0.2) is 24.3 Å². The van der Waals surface area contributed by atoms with Crippen LogP contribution in [0.25, 0.3) is 0 Å². The number of rotatable bonds is 6. The number of benzene rings is 1. The van der Waals surface area contributed by atoms with Gasteiger partial charge >= 0.3 is 0 Å². The molecule has 0 saturated heterocycles. The van der Waals surface area contributed by atoms with Gasteiger partial charge in [-0.3, -0.25) is 0 Å². The van der Waals surface area contributed by atoms with E-state index in [9.17, 15) is 9.50 Å². The number of nitrogens with zero attached hydrogens (tertiary/aromatic N) is 1. The molecule has 0 bridgehead atoms. The van der Waals surface area contributed by atoms with Crippen molar-refractivity contribution < 1.29 is 9.50 Å². The largest absolute Gasteiger partial charge is 0.390 e. The molecule has 1 aromatic rings. The minimum absolute atomic E-state index is 0.238. The third kappa shape index (κ3) is 3.98. The van der Waals surface area contributed by atoms with E-state index in [4.69, 9.17) is 0 Å². The Labute approximate surface area is 101 Å². The predicted octanol–water partition coefficient (Wildman–Crippen LogP) is 1.37. The van der Waals surface area contributed by atoms with Gasteiger partial charge in [-0.05, 0) is 37.1 Å². The monoisotopic (exact) mass is 238 g/mol. The van der Waals surface area contributed by atoms with Crippen molar-refractivity contribution in [1.29, 1.82) is 0 Å². The first-order valence-corrected chi connectivity index (χ1v) is 6.03. The van der Waals surface area contributed by atoms with Gasteiger partial charge in [0, 0.05) is 31.9 Å². The quantitative estimate of drug-likeness (QED) is 0.786. The summed E-state index contributed by atoms with van der Waals surface area (Å²) in [4.78, 5) is 1.93. The number of hydrogen-bond acceptors (Lipinski definition) is 3. The maximum Gasteiger partial charge on any atom is 0.123 e. The first kappa shape index (κ1) is 12.3. The molecule has 4 heteroatoms. The first-order valence-electron chi connectivity index (χ1n) is 6.03. The van der Waals surface area contributed by atoms with Gasteiger partial charge in [0.05, 0.1) is 6.10 Å². The van der Waals surface area contributed by atoms with Crippen LogP contribution in [-0.4, -0.2) is 37.4 Å². The molecule has 3 nitrogen and oxygen atoms in total. The fourth-order valence-corrected chi connectivity index (χ4v) is 1.77. The van der Waals surface area contributed by atoms with E-state index in [1.165, 1.54) is 25.0 Å². The maximum absolute atomic E-state index is 12.8. The first-order chi connectivity index (χ1) is 8.15. The molecule has 0 aliphatic heterocycles. The Morgan fingerprint density at radius 2 is 2.06 bits per heavy atom.